The van der Waals surface area contributed by atoms with Crippen molar-refractivity contribution in [1.29, 1.82) is 0 Å². The van der Waals surface area contributed by atoms with Crippen LogP contribution in [0, 0.1) is 0 Å². The molecule has 2 heteroatoms. The summed E-state index contributed by atoms with van der Waals surface area (Å²) in [5.74, 6) is 0.313. The van der Waals surface area contributed by atoms with Crippen LogP contribution in [0.1, 0.15) is 80.8 Å². The average Bonchev–Trinajstić information content (AvgIpc) is 3.74. The third kappa shape index (κ3) is 4.17. The lowest BCUT2D eigenvalue weighted by atomic mass is 9.59. The predicted octanol–water partition coefficient (Wildman–Crippen LogP) is 14.1. The first kappa shape index (κ1) is 32.2. The third-order valence-corrected chi connectivity index (χ3v) is 14.0. The number of benzene rings is 6. The normalized spacial score (nSPS) is 18.4. The molecule has 0 saturated carbocycles. The summed E-state index contributed by atoms with van der Waals surface area (Å²) in [5.41, 5.74) is 21.5. The average molecular weight is 721 g/mol. The molecule has 2 aromatic heterocycles. The minimum Gasteiger partial charge on any atom is -0.312 e. The Labute approximate surface area is 328 Å². The molecule has 0 spiro atoms. The number of hydrogen-bond donors (Lipinski definition) is 0. The van der Waals surface area contributed by atoms with Gasteiger partial charge in [0.15, 0.2) is 0 Å². The summed E-state index contributed by atoms with van der Waals surface area (Å²) in [6.07, 6.45) is 12.8. The van der Waals surface area contributed by atoms with Crippen LogP contribution in [-0.2, 0) is 10.8 Å². The van der Waals surface area contributed by atoms with Crippen molar-refractivity contribution in [2.24, 2.45) is 0 Å². The Hall–Kier alpha value is -6.12. The van der Waals surface area contributed by atoms with Gasteiger partial charge in [0, 0.05) is 44.2 Å². The fourth-order valence-corrected chi connectivity index (χ4v) is 11.3. The Morgan fingerprint density at radius 3 is 1.93 bits per heavy atom. The number of nitrogens with zero attached hydrogens (tertiary/aromatic N) is 2. The van der Waals surface area contributed by atoms with E-state index < -0.39 is 0 Å². The molecule has 1 atom stereocenters. The highest BCUT2D eigenvalue weighted by Gasteiger charge is 2.50. The lowest BCUT2D eigenvalue weighted by Crippen LogP contribution is -2.40. The highest BCUT2D eigenvalue weighted by Crippen LogP contribution is 2.61. The molecule has 56 heavy (non-hydrogen) atoms. The molecule has 4 aliphatic rings. The second-order valence-corrected chi connectivity index (χ2v) is 17.7. The molecule has 1 unspecified atom stereocenters. The van der Waals surface area contributed by atoms with Gasteiger partial charge in [-0.15, -0.1) is 0 Å². The van der Waals surface area contributed by atoms with Crippen molar-refractivity contribution in [2.75, 3.05) is 0 Å². The van der Waals surface area contributed by atoms with E-state index in [9.17, 15) is 0 Å². The summed E-state index contributed by atoms with van der Waals surface area (Å²) in [6, 6.07) is 47.9. The Morgan fingerprint density at radius 2 is 1.23 bits per heavy atom. The molecule has 8 aromatic rings. The van der Waals surface area contributed by atoms with Gasteiger partial charge in [-0.1, -0.05) is 137 Å². The monoisotopic (exact) mass is 720 g/mol. The number of aromatic nitrogens is 2. The van der Waals surface area contributed by atoms with Crippen LogP contribution in [0.5, 0.6) is 0 Å². The van der Waals surface area contributed by atoms with Crippen molar-refractivity contribution in [3.8, 4) is 33.6 Å². The molecular formula is C54H44N2. The molecule has 0 radical (unpaired) electrons. The number of rotatable bonds is 3. The molecular weight excluding hydrogens is 677 g/mol. The Balaban J connectivity index is 1.24. The number of para-hydroxylation sites is 1. The maximum atomic E-state index is 2.71. The number of hydrogen-bond acceptors (Lipinski definition) is 0. The standard InChI is InChI=1S/C54H44N2/c1-53(2)43-22-14-15-23-47(43)55-45-26-24-37(34-18-10-6-11-19-34)29-40(45)42-32-48-49(50(53)52(42)55)54(3,4)44-31-38(35-20-12-7-13-21-35)30-41-39-28-36(33-16-8-5-9-17-33)25-27-46(39)56(48)51(41)44/h5-12,14-20,22-30,32,44H,13,21,31H2,1-4H3. The molecule has 270 valence electrons. The zero-order valence-corrected chi connectivity index (χ0v) is 32.5. The number of allylic oxidation sites excluding steroid dienone is 5. The van der Waals surface area contributed by atoms with E-state index in [1.807, 2.05) is 0 Å². The van der Waals surface area contributed by atoms with Gasteiger partial charge in [0.25, 0.3) is 0 Å². The first-order valence-electron chi connectivity index (χ1n) is 20.4. The van der Waals surface area contributed by atoms with Gasteiger partial charge in [0.2, 0.25) is 0 Å². The van der Waals surface area contributed by atoms with Crippen LogP contribution in [0.4, 0.5) is 0 Å². The molecule has 2 aliphatic heterocycles. The minimum absolute atomic E-state index is 0.148. The van der Waals surface area contributed by atoms with Crippen LogP contribution < -0.4 is 0 Å². The fourth-order valence-electron chi connectivity index (χ4n) is 11.3. The third-order valence-electron chi connectivity index (χ3n) is 14.0. The largest absolute Gasteiger partial charge is 0.312 e. The highest BCUT2D eigenvalue weighted by molar-refractivity contribution is 6.14. The van der Waals surface area contributed by atoms with Crippen molar-refractivity contribution in [3.05, 3.63) is 185 Å². The Kier molecular flexibility index (Phi) is 6.45. The second kappa shape index (κ2) is 11.2. The van der Waals surface area contributed by atoms with E-state index in [2.05, 4.69) is 189 Å². The minimum atomic E-state index is -0.224. The van der Waals surface area contributed by atoms with Gasteiger partial charge in [0.05, 0.1) is 27.9 Å². The van der Waals surface area contributed by atoms with Crippen LogP contribution in [0.3, 0.4) is 0 Å². The van der Waals surface area contributed by atoms with Gasteiger partial charge in [0.1, 0.15) is 0 Å². The van der Waals surface area contributed by atoms with Crippen LogP contribution >= 0.6 is 0 Å². The molecule has 0 bridgehead atoms. The molecule has 0 amide bonds. The van der Waals surface area contributed by atoms with Crippen LogP contribution in [0.15, 0.2) is 157 Å². The van der Waals surface area contributed by atoms with Gasteiger partial charge in [-0.25, -0.2) is 0 Å². The van der Waals surface area contributed by atoms with Gasteiger partial charge in [-0.05, 0) is 112 Å². The zero-order chi connectivity index (χ0) is 37.5. The van der Waals surface area contributed by atoms with Gasteiger partial charge in [-0.3, -0.25) is 0 Å². The molecule has 12 rings (SSSR count). The first-order valence-corrected chi connectivity index (χ1v) is 20.4. The summed E-state index contributed by atoms with van der Waals surface area (Å²) in [4.78, 5) is 0. The Morgan fingerprint density at radius 1 is 0.571 bits per heavy atom. The molecule has 0 saturated heterocycles. The van der Waals surface area contributed by atoms with Gasteiger partial charge >= 0.3 is 0 Å². The van der Waals surface area contributed by atoms with Crippen molar-refractivity contribution < 1.29 is 0 Å². The molecule has 6 aromatic carbocycles. The second-order valence-electron chi connectivity index (χ2n) is 17.7. The van der Waals surface area contributed by atoms with Gasteiger partial charge < -0.3 is 9.13 Å². The van der Waals surface area contributed by atoms with Gasteiger partial charge in [-0.2, -0.15) is 0 Å². The first-order chi connectivity index (χ1) is 27.3. The maximum absolute atomic E-state index is 2.71. The maximum Gasteiger partial charge on any atom is 0.0586 e. The zero-order valence-electron chi connectivity index (χ0n) is 32.5. The predicted molar refractivity (Wildman–Crippen MR) is 235 cm³/mol. The van der Waals surface area contributed by atoms with E-state index >= 15 is 0 Å². The SMILES string of the molecule is CC1(C)c2ccccc2-n2c3ccc(-c4ccccc4)cc3c3cc4c(c1c32)C(C)(C)C1CC(C2=CC=CCC2)=Cc2c1n-4c1ccc(-c3ccccc3)cc21. The highest BCUT2D eigenvalue weighted by atomic mass is 15.0. The number of fused-ring (bicyclic) bond motifs is 11. The van der Waals surface area contributed by atoms with Crippen LogP contribution in [0.25, 0.3) is 72.4 Å². The van der Waals surface area contributed by atoms with E-state index in [1.165, 1.54) is 105 Å². The smallest absolute Gasteiger partial charge is 0.0586 e. The van der Waals surface area contributed by atoms with Crippen molar-refractivity contribution in [2.45, 2.75) is 63.7 Å². The topological polar surface area (TPSA) is 9.86 Å². The molecule has 4 heterocycles. The summed E-state index contributed by atoms with van der Waals surface area (Å²) >= 11 is 0. The molecule has 0 N–H and O–H groups in total. The molecule has 2 aliphatic carbocycles. The van der Waals surface area contributed by atoms with Crippen LogP contribution in [0.2, 0.25) is 0 Å². The Bertz CT molecular complexity index is 3080. The summed E-state index contributed by atoms with van der Waals surface area (Å²) in [7, 11) is 0. The van der Waals surface area contributed by atoms with E-state index in [-0.39, 0.29) is 10.8 Å². The fraction of sp³-hybridized carbons (Fsp3) is 0.185. The van der Waals surface area contributed by atoms with Crippen molar-refractivity contribution >= 4 is 38.8 Å². The lowest BCUT2D eigenvalue weighted by Gasteiger charge is -2.48. The summed E-state index contributed by atoms with van der Waals surface area (Å²) in [5, 5.41) is 4.01. The van der Waals surface area contributed by atoms with E-state index in [0.717, 1.165) is 19.3 Å². The van der Waals surface area contributed by atoms with Crippen molar-refractivity contribution in [1.82, 2.24) is 9.13 Å². The summed E-state index contributed by atoms with van der Waals surface area (Å²) < 4.78 is 5.32. The van der Waals surface area contributed by atoms with E-state index in [4.69, 9.17) is 0 Å². The molecule has 0 fully saturated rings. The summed E-state index contributed by atoms with van der Waals surface area (Å²) in [6.45, 7) is 10.1. The molecule has 2 nitrogen and oxygen atoms in total. The van der Waals surface area contributed by atoms with E-state index in [0.29, 0.717) is 5.92 Å². The van der Waals surface area contributed by atoms with Crippen molar-refractivity contribution in [3.63, 3.8) is 0 Å². The quantitative estimate of drug-likeness (QED) is 0.172. The van der Waals surface area contributed by atoms with Crippen LogP contribution in [-0.4, -0.2) is 9.13 Å². The van der Waals surface area contributed by atoms with E-state index in [1.54, 1.807) is 0 Å². The lowest BCUT2D eigenvalue weighted by molar-refractivity contribution is 0.372.